The first-order valence-electron chi connectivity index (χ1n) is 18.4. The minimum Gasteiger partial charge on any atom is -0.491 e. The fraction of sp³-hybridized carbons (Fsp3) is 0.684. The van der Waals surface area contributed by atoms with E-state index < -0.39 is 34.5 Å². The zero-order chi connectivity index (χ0) is 36.7. The molecule has 2 rings (SSSR count). The van der Waals surface area contributed by atoms with Gasteiger partial charge < -0.3 is 18.3 Å². The zero-order valence-corrected chi connectivity index (χ0v) is 33.1. The molecule has 0 saturated heterocycles. The molecule has 0 amide bonds. The molecule has 1 aromatic rings. The Morgan fingerprint density at radius 2 is 1.59 bits per heavy atom. The Morgan fingerprint density at radius 3 is 2.16 bits per heavy atom. The molecule has 0 N–H and O–H groups in total. The summed E-state index contributed by atoms with van der Waals surface area (Å²) >= 11 is 0. The van der Waals surface area contributed by atoms with Crippen LogP contribution in [0.5, 0.6) is 5.75 Å². The Morgan fingerprint density at radius 1 is 0.959 bits per heavy atom. The molecule has 1 fully saturated rings. The second-order valence-electron chi connectivity index (χ2n) is 13.5. The number of allylic oxidation sites excluding steroid dienone is 2. The summed E-state index contributed by atoms with van der Waals surface area (Å²) in [6.45, 7) is 16.7. The van der Waals surface area contributed by atoms with Crippen LogP contribution in [0.4, 0.5) is 13.2 Å². The molecule has 1 aromatic carbocycles. The van der Waals surface area contributed by atoms with Gasteiger partial charge in [-0.15, -0.1) is 0 Å². The van der Waals surface area contributed by atoms with E-state index in [1.165, 1.54) is 12.1 Å². The van der Waals surface area contributed by atoms with Crippen molar-refractivity contribution in [1.82, 2.24) is 0 Å². The molecule has 11 heteroatoms. The summed E-state index contributed by atoms with van der Waals surface area (Å²) in [6.07, 6.45) is 5.44. The highest BCUT2D eigenvalue weighted by molar-refractivity contribution is 6.74. The molecule has 0 spiro atoms. The number of benzene rings is 1. The van der Waals surface area contributed by atoms with Crippen LogP contribution in [0, 0.1) is 11.8 Å². The second kappa shape index (κ2) is 20.6. The minimum absolute atomic E-state index is 0.0557. The van der Waals surface area contributed by atoms with E-state index in [1.807, 2.05) is 32.1 Å². The summed E-state index contributed by atoms with van der Waals surface area (Å²) in [6, 6.07) is 10.6. The lowest BCUT2D eigenvalue weighted by Crippen LogP contribution is -2.42. The van der Waals surface area contributed by atoms with Crippen molar-refractivity contribution in [3.63, 3.8) is 0 Å². The maximum absolute atomic E-state index is 13.6. The van der Waals surface area contributed by atoms with Gasteiger partial charge >= 0.3 is 12.1 Å². The maximum Gasteiger partial charge on any atom is 0.416 e. The summed E-state index contributed by atoms with van der Waals surface area (Å²) in [5.74, 6) is -0.333. The lowest BCUT2D eigenvalue weighted by atomic mass is 9.90. The molecule has 0 unspecified atom stereocenters. The van der Waals surface area contributed by atoms with Crippen LogP contribution in [0.15, 0.2) is 48.6 Å². The predicted octanol–water partition coefficient (Wildman–Crippen LogP) is 10.7. The van der Waals surface area contributed by atoms with E-state index >= 15 is 0 Å². The fourth-order valence-electron chi connectivity index (χ4n) is 6.64. The molecule has 4 atom stereocenters. The average Bonchev–Trinajstić information content (AvgIpc) is 3.37. The lowest BCUT2D eigenvalue weighted by Gasteiger charge is -2.34. The first-order chi connectivity index (χ1) is 23.2. The highest BCUT2D eigenvalue weighted by Crippen LogP contribution is 2.39. The maximum atomic E-state index is 13.6. The number of unbranched alkanes of at least 4 members (excludes halogenated alkanes) is 1. The molecular formula is C38H61F3O6Si2. The van der Waals surface area contributed by atoms with Crippen molar-refractivity contribution in [2.24, 2.45) is 11.8 Å². The van der Waals surface area contributed by atoms with Gasteiger partial charge in [0, 0.05) is 24.7 Å². The molecule has 0 aliphatic heterocycles. The Kier molecular flexibility index (Phi) is 18.0. The number of rotatable bonds is 22. The Labute approximate surface area is 295 Å². The number of esters is 1. The van der Waals surface area contributed by atoms with Gasteiger partial charge in [-0.2, -0.15) is 13.2 Å². The average molecular weight is 727 g/mol. The van der Waals surface area contributed by atoms with E-state index in [0.717, 1.165) is 48.4 Å². The number of ketones is 1. The van der Waals surface area contributed by atoms with E-state index in [1.54, 1.807) is 0 Å². The van der Waals surface area contributed by atoms with Crippen LogP contribution in [0.3, 0.4) is 0 Å². The number of Topliss-reactive ketones (excluding diaryl/α,β-unsaturated/α-hetero) is 1. The third kappa shape index (κ3) is 13.4. The van der Waals surface area contributed by atoms with Crippen LogP contribution < -0.4 is 4.74 Å². The first kappa shape index (κ1) is 42.9. The molecule has 0 radical (unpaired) electrons. The van der Waals surface area contributed by atoms with Gasteiger partial charge in [-0.1, -0.05) is 71.9 Å². The van der Waals surface area contributed by atoms with Crippen molar-refractivity contribution in [3.8, 4) is 5.75 Å². The SMILES string of the molecule is CC[Si](CC)(CC)O[C@H](C=C[C@H]1[C@H](O[Si](CC)(CC)CC)CC(=O)[C@@H]1CC=CCCCC(=O)OC(C)C)COc1cccc(C(F)(F)F)c1. The van der Waals surface area contributed by atoms with Gasteiger partial charge in [0.1, 0.15) is 18.1 Å². The number of carbonyl (C=O) groups excluding carboxylic acids is 2. The van der Waals surface area contributed by atoms with Gasteiger partial charge in [0.2, 0.25) is 0 Å². The van der Waals surface area contributed by atoms with Crippen LogP contribution >= 0.6 is 0 Å². The van der Waals surface area contributed by atoms with Crippen molar-refractivity contribution < 1.29 is 41.1 Å². The molecule has 278 valence electrons. The number of ether oxygens (including phenoxy) is 2. The topological polar surface area (TPSA) is 71.1 Å². The first-order valence-corrected chi connectivity index (χ1v) is 23.5. The molecule has 6 nitrogen and oxygen atoms in total. The van der Waals surface area contributed by atoms with Crippen molar-refractivity contribution in [3.05, 3.63) is 54.1 Å². The predicted molar refractivity (Wildman–Crippen MR) is 196 cm³/mol. The van der Waals surface area contributed by atoms with Gasteiger partial charge in [-0.25, -0.2) is 0 Å². The molecule has 0 bridgehead atoms. The number of alkyl halides is 3. The number of hydrogen-bond acceptors (Lipinski definition) is 6. The number of halogens is 3. The van der Waals surface area contributed by atoms with Crippen LogP contribution in [0.1, 0.15) is 93.1 Å². The molecule has 49 heavy (non-hydrogen) atoms. The van der Waals surface area contributed by atoms with Gasteiger partial charge in [0.05, 0.1) is 23.9 Å². The third-order valence-corrected chi connectivity index (χ3v) is 19.5. The van der Waals surface area contributed by atoms with Crippen molar-refractivity contribution in [2.45, 2.75) is 148 Å². The van der Waals surface area contributed by atoms with Crippen molar-refractivity contribution >= 4 is 28.4 Å². The monoisotopic (exact) mass is 726 g/mol. The van der Waals surface area contributed by atoms with Crippen molar-refractivity contribution in [1.29, 1.82) is 0 Å². The summed E-state index contributed by atoms with van der Waals surface area (Å²) < 4.78 is 65.1. The smallest absolute Gasteiger partial charge is 0.416 e. The fourth-order valence-corrected chi connectivity index (χ4v) is 12.3. The quantitative estimate of drug-likeness (QED) is 0.0513. The standard InChI is InChI=1S/C38H61F3O6Si2/c1-9-48(10-2,11-3)46-32(28-44-31-21-19-20-30(26-31)38(39,40)41)24-25-34-33(22-17-15-16-18-23-37(43)45-29(7)8)35(42)27-36(34)47-49(12-4,13-5)14-6/h15,17,19-21,24-26,29,32-34,36H,9-14,16,18,22-23,27-28H2,1-8H3/t32-,33-,34-,36-/m1/s1. The Bertz CT molecular complexity index is 1190. The summed E-state index contributed by atoms with van der Waals surface area (Å²) in [5.41, 5.74) is -0.760. The lowest BCUT2D eigenvalue weighted by molar-refractivity contribution is -0.147. The molecule has 1 saturated carbocycles. The Balaban J connectivity index is 2.36. The van der Waals surface area contributed by atoms with Crippen LogP contribution in [-0.4, -0.2) is 53.3 Å². The summed E-state index contributed by atoms with van der Waals surface area (Å²) in [4.78, 5) is 25.4. The van der Waals surface area contributed by atoms with E-state index in [4.69, 9.17) is 18.3 Å². The molecule has 1 aliphatic carbocycles. The molecule has 0 heterocycles. The molecule has 0 aromatic heterocycles. The zero-order valence-electron chi connectivity index (χ0n) is 31.1. The van der Waals surface area contributed by atoms with Crippen LogP contribution in [0.2, 0.25) is 36.3 Å². The Hall–Kier alpha value is -2.22. The van der Waals surface area contributed by atoms with Crippen molar-refractivity contribution in [2.75, 3.05) is 6.61 Å². The van der Waals surface area contributed by atoms with E-state index in [9.17, 15) is 22.8 Å². The molecular weight excluding hydrogens is 666 g/mol. The highest BCUT2D eigenvalue weighted by atomic mass is 28.4. The third-order valence-electron chi connectivity index (χ3n) is 10.2. The van der Waals surface area contributed by atoms with Gasteiger partial charge in [-0.05, 0) is 87.6 Å². The second-order valence-corrected chi connectivity index (χ2v) is 23.0. The van der Waals surface area contributed by atoms with E-state index in [0.29, 0.717) is 32.1 Å². The normalized spacial score (nSPS) is 19.8. The van der Waals surface area contributed by atoms with Gasteiger partial charge in [0.25, 0.3) is 0 Å². The van der Waals surface area contributed by atoms with E-state index in [-0.39, 0.29) is 48.2 Å². The van der Waals surface area contributed by atoms with E-state index in [2.05, 4.69) is 47.6 Å². The van der Waals surface area contributed by atoms with Crippen LogP contribution in [0.25, 0.3) is 0 Å². The molecule has 1 aliphatic rings. The number of hydrogen-bond donors (Lipinski definition) is 0. The van der Waals surface area contributed by atoms with Gasteiger partial charge in [-0.3, -0.25) is 9.59 Å². The number of carbonyl (C=O) groups is 2. The largest absolute Gasteiger partial charge is 0.491 e. The van der Waals surface area contributed by atoms with Crippen LogP contribution in [-0.2, 0) is 29.4 Å². The summed E-state index contributed by atoms with van der Waals surface area (Å²) in [5, 5.41) is 0. The summed E-state index contributed by atoms with van der Waals surface area (Å²) in [7, 11) is -4.17. The minimum atomic E-state index is -4.47. The van der Waals surface area contributed by atoms with Gasteiger partial charge in [0.15, 0.2) is 16.6 Å². The highest BCUT2D eigenvalue weighted by Gasteiger charge is 2.45.